The Morgan fingerprint density at radius 2 is 1.85 bits per heavy atom. The fourth-order valence-corrected chi connectivity index (χ4v) is 2.18. The zero-order valence-electron chi connectivity index (χ0n) is 10.2. The van der Waals surface area contributed by atoms with Crippen molar-refractivity contribution in [3.05, 3.63) is 70.4 Å². The second kappa shape index (κ2) is 4.89. The van der Waals surface area contributed by atoms with E-state index in [2.05, 4.69) is 0 Å². The molecule has 102 valence electrons. The van der Waals surface area contributed by atoms with Crippen LogP contribution in [0.4, 0.5) is 8.78 Å². The van der Waals surface area contributed by atoms with Gasteiger partial charge in [-0.25, -0.2) is 8.78 Å². The maximum Gasteiger partial charge on any atom is 0.142 e. The molecule has 0 fully saturated rings. The van der Waals surface area contributed by atoms with Crippen LogP contribution in [0.3, 0.4) is 0 Å². The molecule has 2 N–H and O–H groups in total. The van der Waals surface area contributed by atoms with Gasteiger partial charge in [0.05, 0.1) is 11.1 Å². The van der Waals surface area contributed by atoms with Crippen LogP contribution in [0.25, 0.3) is 11.0 Å². The van der Waals surface area contributed by atoms with Gasteiger partial charge < -0.3 is 10.2 Å². The summed E-state index contributed by atoms with van der Waals surface area (Å²) >= 11 is 5.63. The maximum absolute atomic E-state index is 13.4. The predicted molar refractivity (Wildman–Crippen MR) is 73.6 cm³/mol. The molecule has 0 aliphatic carbocycles. The molecule has 0 aliphatic heterocycles. The molecule has 1 heterocycles. The highest BCUT2D eigenvalue weighted by Gasteiger charge is 2.16. The number of benzene rings is 2. The summed E-state index contributed by atoms with van der Waals surface area (Å²) in [5.41, 5.74) is 7.11. The van der Waals surface area contributed by atoms with Crippen molar-refractivity contribution in [2.75, 3.05) is 0 Å². The zero-order valence-corrected chi connectivity index (χ0v) is 11.0. The zero-order chi connectivity index (χ0) is 14.3. The van der Waals surface area contributed by atoms with Crippen molar-refractivity contribution in [2.24, 2.45) is 5.73 Å². The van der Waals surface area contributed by atoms with Crippen LogP contribution >= 0.6 is 11.6 Å². The summed E-state index contributed by atoms with van der Waals surface area (Å²) in [6, 6.07) is 9.54. The third kappa shape index (κ3) is 2.28. The third-order valence-electron chi connectivity index (χ3n) is 3.11. The number of nitrogens with two attached hydrogens (primary N) is 1. The molecule has 3 aromatic rings. The molecule has 20 heavy (non-hydrogen) atoms. The normalized spacial score (nSPS) is 12.8. The molecule has 0 spiro atoms. The van der Waals surface area contributed by atoms with E-state index in [9.17, 15) is 8.78 Å². The summed E-state index contributed by atoms with van der Waals surface area (Å²) < 4.78 is 32.1. The van der Waals surface area contributed by atoms with Crippen LogP contribution in [-0.4, -0.2) is 0 Å². The highest BCUT2D eigenvalue weighted by molar-refractivity contribution is 6.30. The van der Waals surface area contributed by atoms with Crippen LogP contribution in [0.2, 0.25) is 5.02 Å². The van der Waals surface area contributed by atoms with E-state index in [0.29, 0.717) is 22.3 Å². The Kier molecular flexibility index (Phi) is 3.20. The van der Waals surface area contributed by atoms with Crippen molar-refractivity contribution in [3.63, 3.8) is 0 Å². The Morgan fingerprint density at radius 1 is 1.05 bits per heavy atom. The second-order valence-electron chi connectivity index (χ2n) is 4.48. The third-order valence-corrected chi connectivity index (χ3v) is 3.41. The first-order chi connectivity index (χ1) is 9.54. The molecule has 2 aromatic carbocycles. The van der Waals surface area contributed by atoms with Crippen molar-refractivity contribution in [3.8, 4) is 0 Å². The first-order valence-electron chi connectivity index (χ1n) is 5.94. The maximum atomic E-state index is 13.4. The van der Waals surface area contributed by atoms with E-state index in [-0.39, 0.29) is 10.8 Å². The molecule has 3 rings (SSSR count). The summed E-state index contributed by atoms with van der Waals surface area (Å²) in [5.74, 6) is -0.454. The van der Waals surface area contributed by atoms with Crippen molar-refractivity contribution in [1.29, 1.82) is 0 Å². The van der Waals surface area contributed by atoms with Crippen molar-refractivity contribution in [2.45, 2.75) is 6.04 Å². The summed E-state index contributed by atoms with van der Waals surface area (Å²) in [5, 5.41) is 0.650. The average Bonchev–Trinajstić information content (AvgIpc) is 2.84. The molecule has 1 atom stereocenters. The number of fused-ring (bicyclic) bond motifs is 1. The number of rotatable bonds is 2. The van der Waals surface area contributed by atoms with Crippen LogP contribution in [0.15, 0.2) is 46.9 Å². The van der Waals surface area contributed by atoms with Gasteiger partial charge in [-0.1, -0.05) is 17.7 Å². The summed E-state index contributed by atoms with van der Waals surface area (Å²) in [6.45, 7) is 0. The number of hydrogen-bond acceptors (Lipinski definition) is 2. The number of furan rings is 1. The molecule has 1 aromatic heterocycles. The summed E-state index contributed by atoms with van der Waals surface area (Å²) in [7, 11) is 0. The Morgan fingerprint density at radius 3 is 2.60 bits per heavy atom. The van der Waals surface area contributed by atoms with Crippen LogP contribution in [-0.2, 0) is 0 Å². The van der Waals surface area contributed by atoms with E-state index in [1.165, 1.54) is 30.3 Å². The lowest BCUT2D eigenvalue weighted by atomic mass is 10.1. The Labute approximate surface area is 118 Å². The lowest BCUT2D eigenvalue weighted by Gasteiger charge is -2.09. The van der Waals surface area contributed by atoms with Crippen molar-refractivity contribution < 1.29 is 13.2 Å². The van der Waals surface area contributed by atoms with E-state index in [4.69, 9.17) is 21.8 Å². The van der Waals surface area contributed by atoms with E-state index in [0.717, 1.165) is 0 Å². The Hall–Kier alpha value is -1.91. The largest absolute Gasteiger partial charge is 0.459 e. The first-order valence-corrected chi connectivity index (χ1v) is 6.32. The SMILES string of the molecule is NC(c1ccc(Cl)c(F)c1)c1cc2cc(F)ccc2o1. The van der Waals surface area contributed by atoms with Crippen molar-refractivity contribution in [1.82, 2.24) is 0 Å². The lowest BCUT2D eigenvalue weighted by Crippen LogP contribution is -2.11. The van der Waals surface area contributed by atoms with Gasteiger partial charge in [0.2, 0.25) is 0 Å². The minimum absolute atomic E-state index is 0.0348. The molecule has 0 saturated carbocycles. The molecule has 0 aliphatic rings. The summed E-state index contributed by atoms with van der Waals surface area (Å²) in [6.07, 6.45) is 0. The minimum Gasteiger partial charge on any atom is -0.459 e. The Bertz CT molecular complexity index is 785. The predicted octanol–water partition coefficient (Wildman–Crippen LogP) is 4.41. The molecule has 0 radical (unpaired) electrons. The smallest absolute Gasteiger partial charge is 0.142 e. The van der Waals surface area contributed by atoms with Gasteiger partial charge in [0.1, 0.15) is 23.0 Å². The van der Waals surface area contributed by atoms with E-state index in [1.54, 1.807) is 12.1 Å². The minimum atomic E-state index is -0.641. The van der Waals surface area contributed by atoms with Gasteiger partial charge in [-0.3, -0.25) is 0 Å². The van der Waals surface area contributed by atoms with Gasteiger partial charge >= 0.3 is 0 Å². The van der Waals surface area contributed by atoms with E-state index >= 15 is 0 Å². The first kappa shape index (κ1) is 13.1. The van der Waals surface area contributed by atoms with Gasteiger partial charge in [0.25, 0.3) is 0 Å². The molecule has 1 unspecified atom stereocenters. The molecular weight excluding hydrogens is 284 g/mol. The van der Waals surface area contributed by atoms with Crippen molar-refractivity contribution >= 4 is 22.6 Å². The van der Waals surface area contributed by atoms with Gasteiger partial charge in [0.15, 0.2) is 0 Å². The average molecular weight is 294 g/mol. The molecule has 0 saturated heterocycles. The van der Waals surface area contributed by atoms with Crippen LogP contribution < -0.4 is 5.73 Å². The molecule has 5 heteroatoms. The molecule has 2 nitrogen and oxygen atoms in total. The van der Waals surface area contributed by atoms with E-state index < -0.39 is 11.9 Å². The van der Waals surface area contributed by atoms with Gasteiger partial charge in [-0.15, -0.1) is 0 Å². The molecular formula is C15H10ClF2NO. The highest BCUT2D eigenvalue weighted by atomic mass is 35.5. The standard InChI is InChI=1S/C15H10ClF2NO/c16-11-3-1-8(6-12(11)18)15(19)14-7-9-5-10(17)2-4-13(9)20-14/h1-7,15H,19H2. The number of halogens is 3. The van der Waals surface area contributed by atoms with Gasteiger partial charge in [-0.2, -0.15) is 0 Å². The van der Waals surface area contributed by atoms with E-state index in [1.807, 2.05) is 0 Å². The van der Waals surface area contributed by atoms with Crippen LogP contribution in [0.5, 0.6) is 0 Å². The topological polar surface area (TPSA) is 39.2 Å². The van der Waals surface area contributed by atoms with Crippen LogP contribution in [0.1, 0.15) is 17.4 Å². The second-order valence-corrected chi connectivity index (χ2v) is 4.89. The van der Waals surface area contributed by atoms with Crippen LogP contribution in [0, 0.1) is 11.6 Å². The fourth-order valence-electron chi connectivity index (χ4n) is 2.06. The quantitative estimate of drug-likeness (QED) is 0.760. The summed E-state index contributed by atoms with van der Waals surface area (Å²) in [4.78, 5) is 0. The highest BCUT2D eigenvalue weighted by Crippen LogP contribution is 2.28. The fraction of sp³-hybridized carbons (Fsp3) is 0.0667. The van der Waals surface area contributed by atoms with Gasteiger partial charge in [-0.05, 0) is 42.0 Å². The molecule has 0 bridgehead atoms. The number of hydrogen-bond donors (Lipinski definition) is 1. The Balaban J connectivity index is 2.02. The lowest BCUT2D eigenvalue weighted by molar-refractivity contribution is 0.523. The monoisotopic (exact) mass is 293 g/mol. The molecule has 0 amide bonds. The van der Waals surface area contributed by atoms with Gasteiger partial charge in [0, 0.05) is 5.39 Å².